The molecule has 18 heteroatoms. The van der Waals surface area contributed by atoms with Crippen molar-refractivity contribution in [1.29, 1.82) is 5.26 Å². The number of ether oxygens (including phenoxy) is 3. The number of nitriles is 1. The summed E-state index contributed by atoms with van der Waals surface area (Å²) in [6, 6.07) is 29.5. The summed E-state index contributed by atoms with van der Waals surface area (Å²) in [5.41, 5.74) is 5.80. The molecule has 0 unspecified atom stereocenters. The molecule has 3 N–H and O–H groups in total. The lowest BCUT2D eigenvalue weighted by molar-refractivity contribution is -0.142. The number of benzene rings is 5. The SMILES string of the molecule is CC(=O)Nc1nc(C)c(S(=O)(=O)N2Cc3cc4c(cc3C[C@H]2C(=O)N[C@@H](Cc2ccc(-c3ccc(C#N)cc3)cc2)C(=O)O)OC[C@@H](c2ccc(OCc3ccc(Cl)c(Cl)c3)cc2)O4)s1. The van der Waals surface area contributed by atoms with Gasteiger partial charge < -0.3 is 30.0 Å². The number of fused-ring (bicyclic) bond motifs is 2. The Balaban J connectivity index is 1.03. The quantitative estimate of drug-likeness (QED) is 0.101. The summed E-state index contributed by atoms with van der Waals surface area (Å²) < 4.78 is 48.7. The summed E-state index contributed by atoms with van der Waals surface area (Å²) in [5.74, 6) is -1.16. The van der Waals surface area contributed by atoms with Gasteiger partial charge in [-0.2, -0.15) is 9.57 Å². The van der Waals surface area contributed by atoms with Crippen LogP contribution in [0.4, 0.5) is 5.13 Å². The van der Waals surface area contributed by atoms with Crippen molar-refractivity contribution in [1.82, 2.24) is 14.6 Å². The highest BCUT2D eigenvalue weighted by atomic mass is 35.5. The Morgan fingerprint density at radius 3 is 2.28 bits per heavy atom. The van der Waals surface area contributed by atoms with Gasteiger partial charge in [0, 0.05) is 19.9 Å². The van der Waals surface area contributed by atoms with Crippen molar-refractivity contribution < 1.29 is 42.1 Å². The van der Waals surface area contributed by atoms with E-state index in [2.05, 4.69) is 21.7 Å². The van der Waals surface area contributed by atoms with Gasteiger partial charge in [-0.05, 0) is 101 Å². The third kappa shape index (κ3) is 10.1. The Hall–Kier alpha value is -6.48. The van der Waals surface area contributed by atoms with E-state index in [1.807, 2.05) is 54.6 Å². The molecule has 3 atom stereocenters. The zero-order valence-electron chi connectivity index (χ0n) is 34.7. The third-order valence-corrected chi connectivity index (χ3v) is 15.1. The molecular weight excluding hydrogens is 914 g/mol. The first-order valence-electron chi connectivity index (χ1n) is 20.2. The second-order valence-electron chi connectivity index (χ2n) is 15.4. The van der Waals surface area contributed by atoms with E-state index < -0.39 is 46.0 Å². The summed E-state index contributed by atoms with van der Waals surface area (Å²) in [7, 11) is -4.49. The average Bonchev–Trinajstić information content (AvgIpc) is 3.67. The fraction of sp³-hybridized carbons (Fsp3) is 0.213. The number of sulfonamides is 1. The summed E-state index contributed by atoms with van der Waals surface area (Å²) >= 11 is 12.9. The van der Waals surface area contributed by atoms with E-state index >= 15 is 0 Å². The maximum atomic E-state index is 14.6. The minimum absolute atomic E-state index is 0.0693. The van der Waals surface area contributed by atoms with E-state index in [1.165, 1.54) is 13.8 Å². The zero-order valence-corrected chi connectivity index (χ0v) is 37.9. The maximum absolute atomic E-state index is 14.6. The molecule has 1 aromatic heterocycles. The predicted octanol–water partition coefficient (Wildman–Crippen LogP) is 8.27. The fourth-order valence-corrected chi connectivity index (χ4v) is 11.0. The lowest BCUT2D eigenvalue weighted by atomic mass is 9.94. The number of anilines is 1. The van der Waals surface area contributed by atoms with Crippen LogP contribution in [0.15, 0.2) is 107 Å². The number of nitrogens with one attached hydrogen (secondary N) is 2. The summed E-state index contributed by atoms with van der Waals surface area (Å²) in [6.45, 7) is 2.94. The molecule has 0 aliphatic carbocycles. The Kier molecular flexibility index (Phi) is 13.1. The molecule has 65 heavy (non-hydrogen) atoms. The van der Waals surface area contributed by atoms with E-state index in [4.69, 9.17) is 42.7 Å². The van der Waals surface area contributed by atoms with Crippen LogP contribution in [0.5, 0.6) is 17.2 Å². The number of carboxylic acid groups (broad SMARTS) is 1. The Morgan fingerprint density at radius 1 is 0.938 bits per heavy atom. The number of carboxylic acids is 1. The minimum atomic E-state index is -4.49. The number of hydrogen-bond acceptors (Lipinski definition) is 11. The number of aryl methyl sites for hydroxylation is 1. The van der Waals surface area contributed by atoms with Crippen LogP contribution < -0.4 is 24.8 Å². The molecule has 2 amide bonds. The molecule has 8 rings (SSSR count). The molecule has 0 fully saturated rings. The van der Waals surface area contributed by atoms with Gasteiger partial charge >= 0.3 is 5.97 Å². The largest absolute Gasteiger partial charge is 0.489 e. The van der Waals surface area contributed by atoms with Crippen molar-refractivity contribution in [3.8, 4) is 34.4 Å². The number of aromatic nitrogens is 1. The summed E-state index contributed by atoms with van der Waals surface area (Å²) in [5, 5.41) is 25.6. The van der Waals surface area contributed by atoms with Crippen LogP contribution >= 0.6 is 34.5 Å². The van der Waals surface area contributed by atoms with Gasteiger partial charge in [-0.15, -0.1) is 0 Å². The number of amides is 2. The number of carbonyl (C=O) groups is 3. The fourth-order valence-electron chi connectivity index (χ4n) is 7.55. The monoisotopic (exact) mass is 951 g/mol. The van der Waals surface area contributed by atoms with Gasteiger partial charge in [0.25, 0.3) is 10.0 Å². The predicted molar refractivity (Wildman–Crippen MR) is 244 cm³/mol. The molecule has 2 aliphatic rings. The molecule has 6 aromatic rings. The van der Waals surface area contributed by atoms with E-state index in [-0.39, 0.29) is 47.6 Å². The number of hydrogen-bond donors (Lipinski definition) is 3. The second-order valence-corrected chi connectivity index (χ2v) is 19.3. The lowest BCUT2D eigenvalue weighted by Gasteiger charge is -2.36. The first kappa shape index (κ1) is 45.1. The highest BCUT2D eigenvalue weighted by Gasteiger charge is 2.43. The third-order valence-electron chi connectivity index (χ3n) is 10.9. The molecule has 0 bridgehead atoms. The van der Waals surface area contributed by atoms with E-state index in [9.17, 15) is 27.9 Å². The van der Waals surface area contributed by atoms with Crippen LogP contribution in [0.1, 0.15) is 52.1 Å². The van der Waals surface area contributed by atoms with Gasteiger partial charge in [-0.25, -0.2) is 18.2 Å². The molecule has 0 radical (unpaired) electrons. The molecule has 3 heterocycles. The summed E-state index contributed by atoms with van der Waals surface area (Å²) in [6.07, 6.45) is -0.724. The molecule has 14 nitrogen and oxygen atoms in total. The lowest BCUT2D eigenvalue weighted by Crippen LogP contribution is -2.55. The second kappa shape index (κ2) is 18.9. The Bertz CT molecular complexity index is 2960. The Labute approximate surface area is 388 Å². The van der Waals surface area contributed by atoms with Crippen LogP contribution in [0.25, 0.3) is 11.1 Å². The van der Waals surface area contributed by atoms with E-state index in [1.54, 1.807) is 48.5 Å². The maximum Gasteiger partial charge on any atom is 0.326 e. The van der Waals surface area contributed by atoms with Crippen molar-refractivity contribution in [3.63, 3.8) is 0 Å². The molecule has 0 spiro atoms. The molecule has 0 saturated carbocycles. The van der Waals surface area contributed by atoms with Gasteiger partial charge in [-0.1, -0.05) is 89.1 Å². The van der Waals surface area contributed by atoms with Crippen LogP contribution in [0, 0.1) is 18.3 Å². The number of rotatable bonds is 13. The molecule has 5 aromatic carbocycles. The first-order chi connectivity index (χ1) is 31.1. The standard InChI is InChI=1S/C47H39Cl2N5O9S2/c1-26-46(64-47(51-26)52-27(2)55)65(59,60)54-23-35-21-42-41(62-25-43(63-42)33-12-14-36(15-13-33)61-24-30-7-16-37(48)38(49)17-30)20-34(35)19-40(54)44(56)53-39(45(57)58)18-28-3-8-31(9-4-28)32-10-5-29(22-50)6-11-32/h3-17,20-21,39-40,43H,18-19,23-25H2,1-2H3,(H,53,56)(H,57,58)(H,51,52,55)/t39-,40-,43-/m0/s1. The van der Waals surface area contributed by atoms with Crippen molar-refractivity contribution >= 4 is 67.5 Å². The van der Waals surface area contributed by atoms with Crippen LogP contribution in [-0.2, 0) is 50.4 Å². The number of halogens is 2. The van der Waals surface area contributed by atoms with Gasteiger partial charge in [0.1, 0.15) is 31.0 Å². The minimum Gasteiger partial charge on any atom is -0.489 e. The number of aliphatic carboxylic acids is 1. The molecule has 0 saturated heterocycles. The van der Waals surface area contributed by atoms with Gasteiger partial charge in [0.2, 0.25) is 11.8 Å². The molecule has 2 aliphatic heterocycles. The van der Waals surface area contributed by atoms with Gasteiger partial charge in [-0.3, -0.25) is 9.59 Å². The van der Waals surface area contributed by atoms with Crippen LogP contribution in [0.2, 0.25) is 10.0 Å². The highest BCUT2D eigenvalue weighted by molar-refractivity contribution is 7.91. The summed E-state index contributed by atoms with van der Waals surface area (Å²) in [4.78, 5) is 43.1. The van der Waals surface area contributed by atoms with Crippen molar-refractivity contribution in [3.05, 3.63) is 152 Å². The Morgan fingerprint density at radius 2 is 1.62 bits per heavy atom. The first-order valence-corrected chi connectivity index (χ1v) is 23.2. The number of carbonyl (C=O) groups excluding carboxylic acids is 2. The molecular formula is C47H39Cl2N5O9S2. The van der Waals surface area contributed by atoms with Crippen molar-refractivity contribution in [2.24, 2.45) is 0 Å². The average molecular weight is 953 g/mol. The van der Waals surface area contributed by atoms with Gasteiger partial charge in [0.05, 0.1) is 27.4 Å². The smallest absolute Gasteiger partial charge is 0.326 e. The highest BCUT2D eigenvalue weighted by Crippen LogP contribution is 2.42. The topological polar surface area (TPSA) is 197 Å². The van der Waals surface area contributed by atoms with E-state index in [0.717, 1.165) is 37.9 Å². The van der Waals surface area contributed by atoms with Crippen molar-refractivity contribution in [2.45, 2.75) is 62.2 Å². The normalized spacial score (nSPS) is 16.1. The number of thiazole rings is 1. The molecule has 332 valence electrons. The number of nitrogens with zero attached hydrogens (tertiary/aromatic N) is 3. The van der Waals surface area contributed by atoms with Gasteiger partial charge in [0.15, 0.2) is 26.9 Å². The van der Waals surface area contributed by atoms with Crippen molar-refractivity contribution in [2.75, 3.05) is 11.9 Å². The zero-order chi connectivity index (χ0) is 46.0. The van der Waals surface area contributed by atoms with Crippen LogP contribution in [-0.4, -0.2) is 59.3 Å². The van der Waals surface area contributed by atoms with Crippen LogP contribution in [0.3, 0.4) is 0 Å². The van der Waals surface area contributed by atoms with E-state index in [0.29, 0.717) is 49.5 Å².